The number of ether oxygens (including phenoxy) is 1. The average Bonchev–Trinajstić information content (AvgIpc) is 3.49. The third-order valence-corrected chi connectivity index (χ3v) is 5.64. The second-order valence-electron chi connectivity index (χ2n) is 9.25. The molecule has 0 spiro atoms. The van der Waals surface area contributed by atoms with Crippen LogP contribution in [0.1, 0.15) is 50.4 Å². The summed E-state index contributed by atoms with van der Waals surface area (Å²) in [5.41, 5.74) is 1.76. The number of hydrogen-bond acceptors (Lipinski definition) is 10. The number of aliphatic hydroxyl groups excluding tert-OH is 2. The number of nitrogens with zero attached hydrogens (tertiary/aromatic N) is 6. The summed E-state index contributed by atoms with van der Waals surface area (Å²) in [6.45, 7) is 7.54. The molecule has 3 aromatic heterocycles. The van der Waals surface area contributed by atoms with Crippen LogP contribution in [0.5, 0.6) is 0 Å². The second-order valence-corrected chi connectivity index (χ2v) is 9.25. The topological polar surface area (TPSA) is 144 Å². The third-order valence-electron chi connectivity index (χ3n) is 5.64. The van der Waals surface area contributed by atoms with E-state index in [1.54, 1.807) is 13.0 Å². The van der Waals surface area contributed by atoms with E-state index >= 15 is 0 Å². The molecule has 4 heterocycles. The molecule has 3 N–H and O–H groups in total. The first-order valence-electron chi connectivity index (χ1n) is 10.7. The molecule has 1 aliphatic heterocycles. The lowest BCUT2D eigenvalue weighted by Gasteiger charge is -2.16. The number of rotatable bonds is 4. The van der Waals surface area contributed by atoms with Crippen LogP contribution in [0.25, 0.3) is 11.2 Å². The van der Waals surface area contributed by atoms with Crippen molar-refractivity contribution in [2.75, 3.05) is 5.32 Å². The molecule has 1 aliphatic rings. The Morgan fingerprint density at radius 2 is 1.88 bits per heavy atom. The molecule has 0 bridgehead atoms. The first kappa shape index (κ1) is 22.3. The zero-order valence-electron chi connectivity index (χ0n) is 19.0. The lowest BCUT2D eigenvalue weighted by Crippen LogP contribution is -2.29. The summed E-state index contributed by atoms with van der Waals surface area (Å²) in [4.78, 5) is 12.9. The van der Waals surface area contributed by atoms with Crippen LogP contribution in [0.4, 0.5) is 15.9 Å². The van der Waals surface area contributed by atoms with Crippen LogP contribution in [0, 0.1) is 12.7 Å². The summed E-state index contributed by atoms with van der Waals surface area (Å²) in [6.07, 6.45) is -1.87. The number of hydrogen-bond donors (Lipinski definition) is 3. The SMILES string of the molecule is Cc1cc(F)ccc1Nc1ncnc2c1ncn2[C@@H]1O[C@H](c2nnc(C(C)(C)C)o2)[C@@H](O)[C@H]1O. The average molecular weight is 469 g/mol. The molecule has 0 unspecified atom stereocenters. The summed E-state index contributed by atoms with van der Waals surface area (Å²) in [5.74, 6) is 0.530. The molecule has 0 saturated carbocycles. The largest absolute Gasteiger partial charge is 0.422 e. The minimum absolute atomic E-state index is 0.0761. The number of imidazole rings is 1. The summed E-state index contributed by atoms with van der Waals surface area (Å²) < 4.78 is 26.6. The van der Waals surface area contributed by atoms with Crippen molar-refractivity contribution >= 4 is 22.7 Å². The van der Waals surface area contributed by atoms with E-state index in [-0.39, 0.29) is 17.1 Å². The zero-order valence-corrected chi connectivity index (χ0v) is 19.0. The highest BCUT2D eigenvalue weighted by molar-refractivity contribution is 5.85. The molecule has 11 nitrogen and oxygen atoms in total. The van der Waals surface area contributed by atoms with Crippen LogP contribution < -0.4 is 5.32 Å². The number of nitrogens with one attached hydrogen (secondary N) is 1. The van der Waals surface area contributed by atoms with Crippen molar-refractivity contribution in [2.45, 2.75) is 57.6 Å². The Hall–Kier alpha value is -3.48. The van der Waals surface area contributed by atoms with E-state index in [1.165, 1.54) is 29.4 Å². The van der Waals surface area contributed by atoms with E-state index < -0.39 is 24.5 Å². The van der Waals surface area contributed by atoms with Gasteiger partial charge in [-0.3, -0.25) is 4.57 Å². The fourth-order valence-corrected chi connectivity index (χ4v) is 3.77. The van der Waals surface area contributed by atoms with Gasteiger partial charge in [-0.2, -0.15) is 0 Å². The highest BCUT2D eigenvalue weighted by Crippen LogP contribution is 2.40. The van der Waals surface area contributed by atoms with E-state index in [4.69, 9.17) is 9.15 Å². The standard InChI is InChI=1S/C22H24FN7O4/c1-10-7-11(23)5-6-12(10)27-17-13-18(25-8-24-17)30(9-26-13)20-15(32)14(31)16(33-20)19-28-29-21(34-19)22(2,3)4/h5-9,14-16,20,31-32H,1-4H3,(H,24,25,27)/t14-,15+,16-,20+/m0/s1. The highest BCUT2D eigenvalue weighted by atomic mass is 19.1. The van der Waals surface area contributed by atoms with Gasteiger partial charge in [0.15, 0.2) is 29.3 Å². The molecule has 5 rings (SSSR count). The molecule has 12 heteroatoms. The predicted octanol–water partition coefficient (Wildman–Crippen LogP) is 2.69. The van der Waals surface area contributed by atoms with Gasteiger partial charge in [0, 0.05) is 11.1 Å². The van der Waals surface area contributed by atoms with Crippen molar-refractivity contribution < 1.29 is 23.8 Å². The quantitative estimate of drug-likeness (QED) is 0.408. The van der Waals surface area contributed by atoms with Gasteiger partial charge < -0.3 is 24.7 Å². The monoisotopic (exact) mass is 469 g/mol. The van der Waals surface area contributed by atoms with Gasteiger partial charge in [-0.1, -0.05) is 20.8 Å². The van der Waals surface area contributed by atoms with Crippen LogP contribution >= 0.6 is 0 Å². The van der Waals surface area contributed by atoms with E-state index in [0.29, 0.717) is 34.1 Å². The van der Waals surface area contributed by atoms with Crippen molar-refractivity contribution in [1.82, 2.24) is 29.7 Å². The number of fused-ring (bicyclic) bond motifs is 1. The summed E-state index contributed by atoms with van der Waals surface area (Å²) in [6, 6.07) is 4.36. The Morgan fingerprint density at radius 1 is 1.09 bits per heavy atom. The molecule has 1 fully saturated rings. The van der Waals surface area contributed by atoms with E-state index in [1.807, 2.05) is 20.8 Å². The Balaban J connectivity index is 1.45. The van der Waals surface area contributed by atoms with Gasteiger partial charge in [-0.05, 0) is 30.7 Å². The van der Waals surface area contributed by atoms with Crippen molar-refractivity contribution in [3.63, 3.8) is 0 Å². The predicted molar refractivity (Wildman–Crippen MR) is 118 cm³/mol. The van der Waals surface area contributed by atoms with Gasteiger partial charge in [0.1, 0.15) is 24.4 Å². The number of halogens is 1. The van der Waals surface area contributed by atoms with E-state index in [0.717, 1.165) is 0 Å². The number of anilines is 2. The maximum absolute atomic E-state index is 13.5. The molecule has 0 radical (unpaired) electrons. The van der Waals surface area contributed by atoms with Crippen LogP contribution in [0.15, 0.2) is 35.3 Å². The number of aryl methyl sites for hydroxylation is 1. The first-order valence-corrected chi connectivity index (χ1v) is 10.7. The van der Waals surface area contributed by atoms with E-state index in [2.05, 4.69) is 30.5 Å². The smallest absolute Gasteiger partial charge is 0.248 e. The van der Waals surface area contributed by atoms with Gasteiger partial charge in [0.05, 0.1) is 6.33 Å². The van der Waals surface area contributed by atoms with Crippen molar-refractivity contribution in [2.24, 2.45) is 0 Å². The van der Waals surface area contributed by atoms with Gasteiger partial charge in [-0.25, -0.2) is 19.3 Å². The Kier molecular flexibility index (Phi) is 5.30. The van der Waals surface area contributed by atoms with Gasteiger partial charge in [0.2, 0.25) is 11.8 Å². The molecule has 34 heavy (non-hydrogen) atoms. The summed E-state index contributed by atoms with van der Waals surface area (Å²) in [7, 11) is 0. The Labute approximate surface area is 193 Å². The maximum Gasteiger partial charge on any atom is 0.248 e. The Bertz CT molecular complexity index is 1350. The molecule has 178 valence electrons. The molecule has 1 saturated heterocycles. The minimum Gasteiger partial charge on any atom is -0.422 e. The van der Waals surface area contributed by atoms with Crippen LogP contribution in [-0.4, -0.2) is 52.1 Å². The molecule has 0 amide bonds. The fourth-order valence-electron chi connectivity index (χ4n) is 3.77. The molecule has 1 aromatic carbocycles. The van der Waals surface area contributed by atoms with Crippen LogP contribution in [-0.2, 0) is 10.2 Å². The number of aliphatic hydroxyl groups is 2. The minimum atomic E-state index is -1.31. The molecular weight excluding hydrogens is 445 g/mol. The summed E-state index contributed by atoms with van der Waals surface area (Å²) >= 11 is 0. The van der Waals surface area contributed by atoms with Crippen LogP contribution in [0.3, 0.4) is 0 Å². The first-order chi connectivity index (χ1) is 16.1. The Morgan fingerprint density at radius 3 is 2.59 bits per heavy atom. The number of benzene rings is 1. The molecule has 0 aliphatic carbocycles. The second kappa shape index (κ2) is 8.08. The summed E-state index contributed by atoms with van der Waals surface area (Å²) in [5, 5.41) is 32.6. The molecule has 4 aromatic rings. The third kappa shape index (κ3) is 3.79. The van der Waals surface area contributed by atoms with Crippen molar-refractivity contribution in [1.29, 1.82) is 0 Å². The lowest BCUT2D eigenvalue weighted by molar-refractivity contribution is -0.0441. The fraction of sp³-hybridized carbons (Fsp3) is 0.409. The number of aromatic nitrogens is 6. The highest BCUT2D eigenvalue weighted by Gasteiger charge is 2.48. The molecular formula is C22H24FN7O4. The van der Waals surface area contributed by atoms with Crippen molar-refractivity contribution in [3.8, 4) is 0 Å². The van der Waals surface area contributed by atoms with Crippen molar-refractivity contribution in [3.05, 3.63) is 54.0 Å². The zero-order chi connectivity index (χ0) is 24.2. The van der Waals surface area contributed by atoms with Gasteiger partial charge in [-0.15, -0.1) is 10.2 Å². The normalized spacial score (nSPS) is 23.0. The van der Waals surface area contributed by atoms with Gasteiger partial charge >= 0.3 is 0 Å². The maximum atomic E-state index is 13.5. The van der Waals surface area contributed by atoms with E-state index in [9.17, 15) is 14.6 Å². The lowest BCUT2D eigenvalue weighted by atomic mass is 9.97. The molecule has 4 atom stereocenters. The van der Waals surface area contributed by atoms with Gasteiger partial charge in [0.25, 0.3) is 0 Å². The van der Waals surface area contributed by atoms with Crippen LogP contribution in [0.2, 0.25) is 0 Å².